The fraction of sp³-hybridized carbons (Fsp3) is 0.172. The Kier molecular flexibility index (Phi) is 4.47. The number of benzene rings is 4. The Morgan fingerprint density at radius 3 is 1.97 bits per heavy atom. The van der Waals surface area contributed by atoms with Crippen molar-refractivity contribution in [3.05, 3.63) is 103 Å². The molecule has 1 heterocycles. The van der Waals surface area contributed by atoms with Crippen LogP contribution in [0.4, 0.5) is 0 Å². The first kappa shape index (κ1) is 18.7. The molecule has 0 unspecified atom stereocenters. The van der Waals surface area contributed by atoms with Crippen LogP contribution in [-0.4, -0.2) is 4.57 Å². The highest BCUT2D eigenvalue weighted by Crippen LogP contribution is 2.35. The maximum absolute atomic E-state index is 2.36. The number of hydrogen-bond acceptors (Lipinski definition) is 0. The van der Waals surface area contributed by atoms with Crippen LogP contribution in [0.25, 0.3) is 38.6 Å². The molecule has 5 rings (SSSR count). The number of fused-ring (bicyclic) bond motifs is 3. The molecule has 0 saturated heterocycles. The van der Waals surface area contributed by atoms with Crippen molar-refractivity contribution in [1.82, 2.24) is 4.57 Å². The highest BCUT2D eigenvalue weighted by molar-refractivity contribution is 6.10. The molecule has 0 N–H and O–H groups in total. The van der Waals surface area contributed by atoms with E-state index in [-0.39, 0.29) is 0 Å². The lowest BCUT2D eigenvalue weighted by Gasteiger charge is -2.18. The third kappa shape index (κ3) is 3.41. The van der Waals surface area contributed by atoms with Crippen LogP contribution in [0.2, 0.25) is 0 Å². The van der Waals surface area contributed by atoms with Gasteiger partial charge < -0.3 is 4.57 Å². The topological polar surface area (TPSA) is 4.93 Å². The van der Waals surface area contributed by atoms with E-state index in [1.54, 1.807) is 0 Å². The summed E-state index contributed by atoms with van der Waals surface area (Å²) in [5, 5.41) is 2.59. The summed E-state index contributed by atoms with van der Waals surface area (Å²) in [7, 11) is 0. The molecule has 0 fully saturated rings. The maximum Gasteiger partial charge on any atom is 0.0541 e. The highest BCUT2D eigenvalue weighted by Gasteiger charge is 2.14. The fourth-order valence-corrected chi connectivity index (χ4v) is 4.44. The van der Waals surface area contributed by atoms with Gasteiger partial charge >= 0.3 is 0 Å². The summed E-state index contributed by atoms with van der Waals surface area (Å²) >= 11 is 0. The van der Waals surface area contributed by atoms with E-state index in [1.807, 2.05) is 0 Å². The van der Waals surface area contributed by atoms with Crippen molar-refractivity contribution in [2.75, 3.05) is 0 Å². The SMILES string of the molecule is CC(C)(C)Cc1ccc(-c2ccc3c(c2)c2ccccc2n3-c2ccccc2)cc1. The van der Waals surface area contributed by atoms with Gasteiger partial charge in [0, 0.05) is 16.5 Å². The highest BCUT2D eigenvalue weighted by atomic mass is 15.0. The second-order valence-electron chi connectivity index (χ2n) is 9.35. The summed E-state index contributed by atoms with van der Waals surface area (Å²) in [6.45, 7) is 6.87. The lowest BCUT2D eigenvalue weighted by molar-refractivity contribution is 0.411. The van der Waals surface area contributed by atoms with E-state index >= 15 is 0 Å². The largest absolute Gasteiger partial charge is 0.309 e. The van der Waals surface area contributed by atoms with Crippen LogP contribution in [0.15, 0.2) is 97.1 Å². The van der Waals surface area contributed by atoms with E-state index in [4.69, 9.17) is 0 Å². The molecule has 0 aliphatic rings. The molecule has 5 aromatic rings. The van der Waals surface area contributed by atoms with E-state index in [2.05, 4.69) is 122 Å². The third-order valence-electron chi connectivity index (χ3n) is 5.71. The number of para-hydroxylation sites is 2. The first-order valence-electron chi connectivity index (χ1n) is 10.7. The second kappa shape index (κ2) is 7.18. The van der Waals surface area contributed by atoms with Gasteiger partial charge in [0.05, 0.1) is 11.0 Å². The van der Waals surface area contributed by atoms with Gasteiger partial charge in [0.25, 0.3) is 0 Å². The maximum atomic E-state index is 2.36. The summed E-state index contributed by atoms with van der Waals surface area (Å²) < 4.78 is 2.36. The van der Waals surface area contributed by atoms with Crippen molar-refractivity contribution >= 4 is 21.8 Å². The van der Waals surface area contributed by atoms with E-state index < -0.39 is 0 Å². The average molecular weight is 390 g/mol. The molecule has 0 spiro atoms. The van der Waals surface area contributed by atoms with Gasteiger partial charge in [-0.3, -0.25) is 0 Å². The van der Waals surface area contributed by atoms with Gasteiger partial charge in [-0.25, -0.2) is 0 Å². The Hall–Kier alpha value is -3.32. The minimum absolute atomic E-state index is 0.305. The Morgan fingerprint density at radius 2 is 1.23 bits per heavy atom. The van der Waals surface area contributed by atoms with Gasteiger partial charge in [0.1, 0.15) is 0 Å². The minimum atomic E-state index is 0.305. The molecular weight excluding hydrogens is 362 g/mol. The molecular formula is C29H27N. The fourth-order valence-electron chi connectivity index (χ4n) is 4.44. The van der Waals surface area contributed by atoms with Crippen LogP contribution in [0.3, 0.4) is 0 Å². The minimum Gasteiger partial charge on any atom is -0.309 e. The van der Waals surface area contributed by atoms with E-state index in [1.165, 1.54) is 44.2 Å². The normalized spacial score (nSPS) is 12.0. The third-order valence-corrected chi connectivity index (χ3v) is 5.71. The van der Waals surface area contributed by atoms with Crippen molar-refractivity contribution in [3.63, 3.8) is 0 Å². The Bertz CT molecular complexity index is 1320. The van der Waals surface area contributed by atoms with E-state index in [0.29, 0.717) is 5.41 Å². The van der Waals surface area contributed by atoms with Crippen molar-refractivity contribution in [2.24, 2.45) is 5.41 Å². The van der Waals surface area contributed by atoms with Crippen LogP contribution in [0, 0.1) is 5.41 Å². The van der Waals surface area contributed by atoms with Gasteiger partial charge in [0.2, 0.25) is 0 Å². The predicted octanol–water partition coefficient (Wildman–Crippen LogP) is 8.04. The molecule has 0 amide bonds. The van der Waals surface area contributed by atoms with Gasteiger partial charge in [-0.2, -0.15) is 0 Å². The molecule has 0 aliphatic heterocycles. The first-order valence-corrected chi connectivity index (χ1v) is 10.7. The molecule has 0 saturated carbocycles. The summed E-state index contributed by atoms with van der Waals surface area (Å²) in [5.41, 5.74) is 7.93. The summed E-state index contributed by atoms with van der Waals surface area (Å²) in [4.78, 5) is 0. The molecule has 30 heavy (non-hydrogen) atoms. The van der Waals surface area contributed by atoms with E-state index in [0.717, 1.165) is 6.42 Å². The summed E-state index contributed by atoms with van der Waals surface area (Å²) in [6.07, 6.45) is 1.09. The smallest absolute Gasteiger partial charge is 0.0541 e. The summed E-state index contributed by atoms with van der Waals surface area (Å²) in [6, 6.07) is 35.2. The molecule has 0 aliphatic carbocycles. The number of rotatable bonds is 3. The van der Waals surface area contributed by atoms with Gasteiger partial charge in [-0.15, -0.1) is 0 Å². The van der Waals surface area contributed by atoms with Crippen molar-refractivity contribution < 1.29 is 0 Å². The van der Waals surface area contributed by atoms with Crippen LogP contribution in [0.5, 0.6) is 0 Å². The zero-order valence-corrected chi connectivity index (χ0v) is 17.9. The quantitative estimate of drug-likeness (QED) is 0.294. The van der Waals surface area contributed by atoms with Crippen molar-refractivity contribution in [1.29, 1.82) is 0 Å². The molecule has 1 nitrogen and oxygen atoms in total. The number of aromatic nitrogens is 1. The molecule has 4 aromatic carbocycles. The second-order valence-corrected chi connectivity index (χ2v) is 9.35. The standard InChI is InChI=1S/C29H27N/c1-29(2,3)20-21-13-15-22(16-14-21)23-17-18-28-26(19-23)25-11-7-8-12-27(25)30(28)24-9-5-4-6-10-24/h4-19H,20H2,1-3H3. The van der Waals surface area contributed by atoms with Crippen LogP contribution >= 0.6 is 0 Å². The molecule has 148 valence electrons. The Morgan fingerprint density at radius 1 is 0.600 bits per heavy atom. The summed E-state index contributed by atoms with van der Waals surface area (Å²) in [5.74, 6) is 0. The van der Waals surface area contributed by atoms with Crippen LogP contribution in [-0.2, 0) is 6.42 Å². The zero-order valence-electron chi connectivity index (χ0n) is 17.9. The lowest BCUT2D eigenvalue weighted by atomic mass is 9.87. The zero-order chi connectivity index (χ0) is 20.7. The van der Waals surface area contributed by atoms with Crippen LogP contribution < -0.4 is 0 Å². The predicted molar refractivity (Wildman–Crippen MR) is 129 cm³/mol. The molecule has 0 bridgehead atoms. The molecule has 0 radical (unpaired) electrons. The Labute approximate surface area is 178 Å². The molecule has 0 atom stereocenters. The van der Waals surface area contributed by atoms with Gasteiger partial charge in [0.15, 0.2) is 0 Å². The lowest BCUT2D eigenvalue weighted by Crippen LogP contribution is -2.08. The number of nitrogens with zero attached hydrogens (tertiary/aromatic N) is 1. The monoisotopic (exact) mass is 389 g/mol. The van der Waals surface area contributed by atoms with Crippen molar-refractivity contribution in [2.45, 2.75) is 27.2 Å². The van der Waals surface area contributed by atoms with Crippen molar-refractivity contribution in [3.8, 4) is 16.8 Å². The first-order chi connectivity index (χ1) is 14.5. The van der Waals surface area contributed by atoms with Crippen LogP contribution in [0.1, 0.15) is 26.3 Å². The average Bonchev–Trinajstić information content (AvgIpc) is 3.07. The van der Waals surface area contributed by atoms with Gasteiger partial charge in [-0.05, 0) is 58.9 Å². The Balaban J connectivity index is 1.64. The van der Waals surface area contributed by atoms with E-state index in [9.17, 15) is 0 Å². The molecule has 1 heteroatoms. The van der Waals surface area contributed by atoms with Gasteiger partial charge in [-0.1, -0.05) is 87.5 Å². The molecule has 1 aromatic heterocycles. The number of hydrogen-bond donors (Lipinski definition) is 0.